The number of aromatic nitrogens is 6. The van der Waals surface area contributed by atoms with Gasteiger partial charge >= 0.3 is 23.9 Å². The highest BCUT2D eigenvalue weighted by atomic mass is 32.2. The lowest BCUT2D eigenvalue weighted by molar-refractivity contribution is -0.212. The summed E-state index contributed by atoms with van der Waals surface area (Å²) in [7, 11) is 0. The zero-order valence-corrected chi connectivity index (χ0v) is 30.1. The highest BCUT2D eigenvalue weighted by molar-refractivity contribution is 8.00. The molecule has 50 heavy (non-hydrogen) atoms. The average molecular weight is 745 g/mol. The van der Waals surface area contributed by atoms with E-state index in [1.807, 2.05) is 39.8 Å². The molecule has 4 aromatic rings. The summed E-state index contributed by atoms with van der Waals surface area (Å²) in [6.45, 7) is 4.88. The summed E-state index contributed by atoms with van der Waals surface area (Å²) in [4.78, 5) is 49.7. The molecule has 15 nitrogen and oxygen atoms in total. The third-order valence-electron chi connectivity index (χ3n) is 8.32. The Hall–Kier alpha value is -4.13. The molecule has 0 radical (unpaired) electrons. The highest BCUT2D eigenvalue weighted by Gasteiger charge is 2.53. The van der Waals surface area contributed by atoms with Gasteiger partial charge in [0.05, 0.1) is 18.4 Å². The van der Waals surface area contributed by atoms with Gasteiger partial charge in [-0.2, -0.15) is 22.7 Å². The van der Waals surface area contributed by atoms with Crippen molar-refractivity contribution in [1.82, 2.24) is 30.0 Å². The van der Waals surface area contributed by atoms with E-state index in [2.05, 4.69) is 20.6 Å². The summed E-state index contributed by atoms with van der Waals surface area (Å²) in [6.07, 6.45) is 1.80. The minimum Gasteiger partial charge on any atom is -0.463 e. The molecule has 0 spiro atoms. The molecule has 2 aliphatic rings. The molecule has 0 N–H and O–H groups in total. The van der Waals surface area contributed by atoms with Crippen molar-refractivity contribution in [2.45, 2.75) is 94.1 Å². The lowest BCUT2D eigenvalue weighted by atomic mass is 9.92. The van der Waals surface area contributed by atoms with Crippen molar-refractivity contribution in [2.75, 3.05) is 6.61 Å². The summed E-state index contributed by atoms with van der Waals surface area (Å²) in [5, 5.41) is 24.9. The van der Waals surface area contributed by atoms with Crippen LogP contribution < -0.4 is 0 Å². The van der Waals surface area contributed by atoms with Crippen LogP contribution in [0.1, 0.15) is 59.0 Å². The standard InChI is InChI=1S/C32H36N6O9S3/c1-17(39)43-14-26-30(45-19(3)41)28(38-13-24(34-36-38)22-9-11-49-16-22)31(46-20(4)42)32(47-26)50-27-7-5-6-25(29(27)44-18(2)40)37-12-23(33-35-37)21-8-10-48-15-21/h8-13,15-16,25-32H,5-7,14H2,1-4H3/t25-,26+,27+,28-,29+,30-,31+,32-/m0/s1. The van der Waals surface area contributed by atoms with E-state index in [1.54, 1.807) is 22.2 Å². The summed E-state index contributed by atoms with van der Waals surface area (Å²) in [5.74, 6) is -2.25. The van der Waals surface area contributed by atoms with E-state index in [-0.39, 0.29) is 17.9 Å². The molecule has 1 saturated carbocycles. The molecular formula is C32H36N6O9S3. The van der Waals surface area contributed by atoms with Gasteiger partial charge in [0.25, 0.3) is 0 Å². The third-order valence-corrected chi connectivity index (χ3v) is 11.2. The van der Waals surface area contributed by atoms with Gasteiger partial charge in [-0.25, -0.2) is 9.36 Å². The first-order valence-corrected chi connectivity index (χ1v) is 18.7. The molecular weight excluding hydrogens is 709 g/mol. The maximum Gasteiger partial charge on any atom is 0.303 e. The van der Waals surface area contributed by atoms with Gasteiger partial charge in [-0.3, -0.25) is 19.2 Å². The highest BCUT2D eigenvalue weighted by Crippen LogP contribution is 2.45. The fourth-order valence-corrected chi connectivity index (χ4v) is 9.21. The van der Waals surface area contributed by atoms with Crippen molar-refractivity contribution in [3.63, 3.8) is 0 Å². The largest absolute Gasteiger partial charge is 0.463 e. The number of hydrogen-bond acceptors (Lipinski definition) is 16. The Morgan fingerprint density at radius 3 is 1.96 bits per heavy atom. The van der Waals surface area contributed by atoms with Crippen molar-refractivity contribution >= 4 is 58.3 Å². The first kappa shape index (κ1) is 35.7. The van der Waals surface area contributed by atoms with Gasteiger partial charge in [0.2, 0.25) is 0 Å². The Kier molecular flexibility index (Phi) is 11.3. The fourth-order valence-electron chi connectivity index (χ4n) is 6.29. The Bertz CT molecular complexity index is 1780. The van der Waals surface area contributed by atoms with Gasteiger partial charge in [0, 0.05) is 54.8 Å². The van der Waals surface area contributed by atoms with Gasteiger partial charge in [-0.15, -0.1) is 22.0 Å². The van der Waals surface area contributed by atoms with Crippen LogP contribution in [0, 0.1) is 0 Å². The van der Waals surface area contributed by atoms with Crippen molar-refractivity contribution in [2.24, 2.45) is 0 Å². The second-order valence-corrected chi connectivity index (χ2v) is 14.8. The van der Waals surface area contributed by atoms with Gasteiger partial charge in [0.15, 0.2) is 12.2 Å². The molecule has 1 saturated heterocycles. The van der Waals surface area contributed by atoms with E-state index in [0.717, 1.165) is 17.5 Å². The van der Waals surface area contributed by atoms with Crippen LogP contribution in [0.3, 0.4) is 0 Å². The number of nitrogens with zero attached hydrogens (tertiary/aromatic N) is 6. The topological polar surface area (TPSA) is 176 Å². The number of carbonyl (C=O) groups excluding carboxylic acids is 4. The summed E-state index contributed by atoms with van der Waals surface area (Å²) in [6, 6.07) is 2.57. The van der Waals surface area contributed by atoms with Crippen LogP contribution in [0.2, 0.25) is 0 Å². The molecule has 5 heterocycles. The number of ether oxygens (including phenoxy) is 5. The monoisotopic (exact) mass is 744 g/mol. The maximum atomic E-state index is 12.7. The van der Waals surface area contributed by atoms with E-state index in [0.29, 0.717) is 24.2 Å². The molecule has 0 amide bonds. The molecule has 8 atom stereocenters. The van der Waals surface area contributed by atoms with Crippen LogP contribution in [-0.2, 0) is 42.9 Å². The van der Waals surface area contributed by atoms with Crippen molar-refractivity contribution in [3.8, 4) is 22.5 Å². The Labute approximate surface area is 299 Å². The van der Waals surface area contributed by atoms with Gasteiger partial charge in [0.1, 0.15) is 41.7 Å². The van der Waals surface area contributed by atoms with Gasteiger partial charge in [-0.05, 0) is 42.2 Å². The first-order valence-electron chi connectivity index (χ1n) is 15.9. The molecule has 0 bridgehead atoms. The number of carbonyl (C=O) groups is 4. The van der Waals surface area contributed by atoms with Crippen molar-refractivity contribution in [3.05, 3.63) is 46.0 Å². The lowest BCUT2D eigenvalue weighted by Crippen LogP contribution is -2.58. The minimum absolute atomic E-state index is 0.259. The Morgan fingerprint density at radius 1 is 0.800 bits per heavy atom. The predicted molar refractivity (Wildman–Crippen MR) is 182 cm³/mol. The molecule has 0 unspecified atom stereocenters. The zero-order chi connectivity index (χ0) is 35.4. The Balaban J connectivity index is 1.36. The SMILES string of the molecule is CC(=O)OC[C@H]1O[C@@H](S[C@@H]2CCC[C@H](n3cc(-c4ccsc4)nn3)[C@H]2OC(C)=O)[C@H](OC(C)=O)[C@@H](n2cc(-c3ccsc3)nn2)[C@H]1OC(C)=O. The van der Waals surface area contributed by atoms with Crippen LogP contribution in [0.15, 0.2) is 46.0 Å². The molecule has 266 valence electrons. The fraction of sp³-hybridized carbons (Fsp3) is 0.500. The average Bonchev–Trinajstić information content (AvgIpc) is 3.89. The minimum atomic E-state index is -1.10. The smallest absolute Gasteiger partial charge is 0.303 e. The van der Waals surface area contributed by atoms with Crippen LogP contribution >= 0.6 is 34.4 Å². The van der Waals surface area contributed by atoms with Crippen LogP contribution in [0.5, 0.6) is 0 Å². The van der Waals surface area contributed by atoms with E-state index >= 15 is 0 Å². The summed E-state index contributed by atoms with van der Waals surface area (Å²) < 4.78 is 32.9. The number of hydrogen-bond donors (Lipinski definition) is 0. The second kappa shape index (κ2) is 15.8. The van der Waals surface area contributed by atoms with Crippen LogP contribution in [-0.4, -0.2) is 95.6 Å². The molecule has 2 fully saturated rings. The molecule has 18 heteroatoms. The molecule has 1 aliphatic heterocycles. The van der Waals surface area contributed by atoms with Crippen molar-refractivity contribution < 1.29 is 42.9 Å². The Morgan fingerprint density at radius 2 is 1.38 bits per heavy atom. The summed E-state index contributed by atoms with van der Waals surface area (Å²) in [5.41, 5.74) is 2.12. The molecule has 1 aliphatic carbocycles. The second-order valence-electron chi connectivity index (χ2n) is 11.9. The lowest BCUT2D eigenvalue weighted by Gasteiger charge is -2.46. The molecule has 0 aromatic carbocycles. The first-order chi connectivity index (χ1) is 24.1. The van der Waals surface area contributed by atoms with E-state index in [9.17, 15) is 19.2 Å². The van der Waals surface area contributed by atoms with Crippen LogP contribution in [0.4, 0.5) is 0 Å². The van der Waals surface area contributed by atoms with Gasteiger partial charge < -0.3 is 23.7 Å². The number of rotatable bonds is 11. The van der Waals surface area contributed by atoms with E-state index < -0.39 is 59.8 Å². The van der Waals surface area contributed by atoms with E-state index in [4.69, 9.17) is 23.7 Å². The summed E-state index contributed by atoms with van der Waals surface area (Å²) >= 11 is 4.38. The quantitative estimate of drug-likeness (QED) is 0.155. The van der Waals surface area contributed by atoms with Crippen LogP contribution in [0.25, 0.3) is 22.5 Å². The zero-order valence-electron chi connectivity index (χ0n) is 27.6. The van der Waals surface area contributed by atoms with E-state index in [1.165, 1.54) is 55.5 Å². The van der Waals surface area contributed by atoms with Gasteiger partial charge in [-0.1, -0.05) is 10.4 Å². The number of thioether (sulfide) groups is 1. The molecule has 4 aromatic heterocycles. The maximum absolute atomic E-state index is 12.7. The van der Waals surface area contributed by atoms with Crippen molar-refractivity contribution in [1.29, 1.82) is 0 Å². The number of thiophene rings is 2. The normalized spacial score (nSPS) is 26.6. The molecule has 6 rings (SSSR count). The predicted octanol–water partition coefficient (Wildman–Crippen LogP) is 4.48. The third kappa shape index (κ3) is 8.25. The number of esters is 4.